The van der Waals surface area contributed by atoms with Crippen LogP contribution < -0.4 is 5.32 Å². The van der Waals surface area contributed by atoms with E-state index in [1.54, 1.807) is 0 Å². The molecule has 1 rings (SSSR count). The predicted octanol–water partition coefficient (Wildman–Crippen LogP) is 2.60. The lowest BCUT2D eigenvalue weighted by atomic mass is 9.64. The van der Waals surface area contributed by atoms with Gasteiger partial charge in [0.2, 0.25) is 0 Å². The van der Waals surface area contributed by atoms with Gasteiger partial charge in [-0.3, -0.25) is 0 Å². The van der Waals surface area contributed by atoms with E-state index >= 15 is 0 Å². The molecule has 0 amide bonds. The van der Waals surface area contributed by atoms with Crippen molar-refractivity contribution in [3.63, 3.8) is 0 Å². The summed E-state index contributed by atoms with van der Waals surface area (Å²) in [6.45, 7) is 12.3. The molecule has 0 aromatic rings. The van der Waals surface area contributed by atoms with Crippen molar-refractivity contribution in [2.75, 3.05) is 26.4 Å². The SMILES string of the molecule is CCCCOCCOC1CC(NCC)C1(C)C. The topological polar surface area (TPSA) is 30.5 Å². The van der Waals surface area contributed by atoms with E-state index in [0.717, 1.165) is 39.2 Å². The first-order valence-corrected chi connectivity index (χ1v) is 7.05. The van der Waals surface area contributed by atoms with Crippen LogP contribution in [0.15, 0.2) is 0 Å². The van der Waals surface area contributed by atoms with Gasteiger partial charge in [-0.25, -0.2) is 0 Å². The summed E-state index contributed by atoms with van der Waals surface area (Å²) in [7, 11) is 0. The minimum Gasteiger partial charge on any atom is -0.379 e. The molecule has 0 heterocycles. The molecule has 0 aromatic heterocycles. The molecular formula is C14H29NO2. The van der Waals surface area contributed by atoms with Gasteiger partial charge in [0.15, 0.2) is 0 Å². The second kappa shape index (κ2) is 7.34. The van der Waals surface area contributed by atoms with Gasteiger partial charge in [0.1, 0.15) is 0 Å². The molecule has 1 N–H and O–H groups in total. The van der Waals surface area contributed by atoms with E-state index in [4.69, 9.17) is 9.47 Å². The molecular weight excluding hydrogens is 214 g/mol. The second-order valence-corrected chi connectivity index (χ2v) is 5.49. The number of unbranched alkanes of at least 4 members (excludes halogenated alkanes) is 1. The summed E-state index contributed by atoms with van der Waals surface area (Å²) in [4.78, 5) is 0. The first kappa shape index (κ1) is 14.9. The molecule has 1 fully saturated rings. The Bertz CT molecular complexity index is 206. The Balaban J connectivity index is 2.05. The van der Waals surface area contributed by atoms with Gasteiger partial charge < -0.3 is 14.8 Å². The van der Waals surface area contributed by atoms with E-state index in [9.17, 15) is 0 Å². The average molecular weight is 243 g/mol. The molecule has 0 aliphatic heterocycles. The molecule has 0 saturated heterocycles. The van der Waals surface area contributed by atoms with Crippen LogP contribution in [0, 0.1) is 5.41 Å². The van der Waals surface area contributed by atoms with Crippen LogP contribution in [0.1, 0.15) is 47.0 Å². The molecule has 0 radical (unpaired) electrons. The predicted molar refractivity (Wildman–Crippen MR) is 71.3 cm³/mol. The van der Waals surface area contributed by atoms with Crippen LogP contribution in [0.4, 0.5) is 0 Å². The second-order valence-electron chi connectivity index (χ2n) is 5.49. The third kappa shape index (κ3) is 4.23. The van der Waals surface area contributed by atoms with E-state index in [2.05, 4.69) is 33.0 Å². The fourth-order valence-corrected chi connectivity index (χ4v) is 2.36. The Morgan fingerprint density at radius 1 is 1.18 bits per heavy atom. The van der Waals surface area contributed by atoms with Crippen LogP contribution in [0.3, 0.4) is 0 Å². The van der Waals surface area contributed by atoms with Crippen molar-refractivity contribution in [3.05, 3.63) is 0 Å². The van der Waals surface area contributed by atoms with Crippen LogP contribution in [0.5, 0.6) is 0 Å². The van der Waals surface area contributed by atoms with Gasteiger partial charge >= 0.3 is 0 Å². The monoisotopic (exact) mass is 243 g/mol. The zero-order valence-corrected chi connectivity index (χ0v) is 11.9. The fourth-order valence-electron chi connectivity index (χ4n) is 2.36. The highest BCUT2D eigenvalue weighted by molar-refractivity contribution is 5.02. The van der Waals surface area contributed by atoms with Gasteiger partial charge in [-0.15, -0.1) is 0 Å². The average Bonchev–Trinajstić information content (AvgIpc) is 2.31. The first-order chi connectivity index (χ1) is 8.12. The maximum Gasteiger partial charge on any atom is 0.0704 e. The van der Waals surface area contributed by atoms with E-state index < -0.39 is 0 Å². The Hall–Kier alpha value is -0.120. The van der Waals surface area contributed by atoms with E-state index in [0.29, 0.717) is 12.1 Å². The molecule has 2 atom stereocenters. The lowest BCUT2D eigenvalue weighted by Gasteiger charge is -2.52. The smallest absolute Gasteiger partial charge is 0.0704 e. The van der Waals surface area contributed by atoms with Crippen molar-refractivity contribution in [2.45, 2.75) is 59.1 Å². The highest BCUT2D eigenvalue weighted by atomic mass is 16.5. The van der Waals surface area contributed by atoms with Crippen LogP contribution >= 0.6 is 0 Å². The standard InChI is InChI=1S/C14H29NO2/c1-5-7-8-16-9-10-17-13-11-12(15-6-2)14(13,3)4/h12-13,15H,5-11H2,1-4H3. The minimum absolute atomic E-state index is 0.263. The Morgan fingerprint density at radius 2 is 1.94 bits per heavy atom. The molecule has 1 aliphatic carbocycles. The summed E-state index contributed by atoms with van der Waals surface area (Å²) in [5, 5.41) is 3.51. The van der Waals surface area contributed by atoms with Gasteiger partial charge in [0.25, 0.3) is 0 Å². The Morgan fingerprint density at radius 3 is 2.53 bits per heavy atom. The highest BCUT2D eigenvalue weighted by Crippen LogP contribution is 2.42. The zero-order valence-electron chi connectivity index (χ0n) is 11.9. The lowest BCUT2D eigenvalue weighted by Crippen LogP contribution is -2.61. The minimum atomic E-state index is 0.263. The molecule has 102 valence electrons. The van der Waals surface area contributed by atoms with Crippen molar-refractivity contribution >= 4 is 0 Å². The van der Waals surface area contributed by atoms with Gasteiger partial charge in [-0.2, -0.15) is 0 Å². The summed E-state index contributed by atoms with van der Waals surface area (Å²) >= 11 is 0. The normalized spacial score (nSPS) is 26.8. The zero-order chi connectivity index (χ0) is 12.7. The van der Waals surface area contributed by atoms with Gasteiger partial charge in [0, 0.05) is 18.1 Å². The van der Waals surface area contributed by atoms with E-state index in [-0.39, 0.29) is 5.41 Å². The summed E-state index contributed by atoms with van der Waals surface area (Å²) in [5.41, 5.74) is 0.263. The molecule has 0 spiro atoms. The van der Waals surface area contributed by atoms with Gasteiger partial charge in [0.05, 0.1) is 19.3 Å². The highest BCUT2D eigenvalue weighted by Gasteiger charge is 2.48. The maximum absolute atomic E-state index is 5.89. The Kier molecular flexibility index (Phi) is 6.45. The fraction of sp³-hybridized carbons (Fsp3) is 1.00. The van der Waals surface area contributed by atoms with E-state index in [1.165, 1.54) is 6.42 Å². The maximum atomic E-state index is 5.89. The number of hydrogen-bond donors (Lipinski definition) is 1. The number of rotatable bonds is 9. The molecule has 2 unspecified atom stereocenters. The lowest BCUT2D eigenvalue weighted by molar-refractivity contribution is -0.126. The van der Waals surface area contributed by atoms with Crippen molar-refractivity contribution in [1.82, 2.24) is 5.32 Å². The molecule has 17 heavy (non-hydrogen) atoms. The van der Waals surface area contributed by atoms with Crippen molar-refractivity contribution in [2.24, 2.45) is 5.41 Å². The Labute approximate surface area is 106 Å². The molecule has 3 heteroatoms. The van der Waals surface area contributed by atoms with Crippen LogP contribution in [0.25, 0.3) is 0 Å². The number of nitrogens with one attached hydrogen (secondary N) is 1. The molecule has 1 aliphatic rings. The van der Waals surface area contributed by atoms with Gasteiger partial charge in [-0.05, 0) is 19.4 Å². The third-order valence-corrected chi connectivity index (χ3v) is 3.82. The molecule has 0 aromatic carbocycles. The van der Waals surface area contributed by atoms with Crippen molar-refractivity contribution < 1.29 is 9.47 Å². The largest absolute Gasteiger partial charge is 0.379 e. The van der Waals surface area contributed by atoms with Gasteiger partial charge in [-0.1, -0.05) is 34.1 Å². The molecule has 1 saturated carbocycles. The van der Waals surface area contributed by atoms with Crippen LogP contribution in [-0.4, -0.2) is 38.5 Å². The molecule has 0 bridgehead atoms. The van der Waals surface area contributed by atoms with E-state index in [1.807, 2.05) is 0 Å². The summed E-state index contributed by atoms with van der Waals surface area (Å²) in [5.74, 6) is 0. The summed E-state index contributed by atoms with van der Waals surface area (Å²) in [6, 6.07) is 0.610. The van der Waals surface area contributed by atoms with Crippen molar-refractivity contribution in [3.8, 4) is 0 Å². The molecule has 3 nitrogen and oxygen atoms in total. The first-order valence-electron chi connectivity index (χ1n) is 7.05. The number of ether oxygens (including phenoxy) is 2. The van der Waals surface area contributed by atoms with Crippen LogP contribution in [0.2, 0.25) is 0 Å². The summed E-state index contributed by atoms with van der Waals surface area (Å²) in [6.07, 6.45) is 3.87. The quantitative estimate of drug-likeness (QED) is 0.631. The van der Waals surface area contributed by atoms with Crippen LogP contribution in [-0.2, 0) is 9.47 Å². The third-order valence-electron chi connectivity index (χ3n) is 3.82. The van der Waals surface area contributed by atoms with Crippen molar-refractivity contribution in [1.29, 1.82) is 0 Å². The number of hydrogen-bond acceptors (Lipinski definition) is 3. The summed E-state index contributed by atoms with van der Waals surface area (Å²) < 4.78 is 11.4.